The van der Waals surface area contributed by atoms with Crippen molar-refractivity contribution in [3.05, 3.63) is 46.1 Å². The van der Waals surface area contributed by atoms with E-state index >= 15 is 0 Å². The molecule has 0 radical (unpaired) electrons. The van der Waals surface area contributed by atoms with Gasteiger partial charge in [-0.05, 0) is 67.7 Å². The van der Waals surface area contributed by atoms with E-state index in [4.69, 9.17) is 0 Å². The van der Waals surface area contributed by atoms with Crippen LogP contribution in [0.2, 0.25) is 0 Å². The van der Waals surface area contributed by atoms with Crippen LogP contribution in [0.3, 0.4) is 0 Å². The number of rotatable bonds is 3. The maximum atomic E-state index is 2.49. The third-order valence-electron chi connectivity index (χ3n) is 4.10. The summed E-state index contributed by atoms with van der Waals surface area (Å²) in [6, 6.07) is 0. The molecule has 0 aliphatic heterocycles. The summed E-state index contributed by atoms with van der Waals surface area (Å²) in [6.07, 6.45) is 14.5. The third kappa shape index (κ3) is 2.62. The Morgan fingerprint density at radius 3 is 2.53 bits per heavy atom. The standard InChI is InChI=1S/C17H24/c1-4-14-10-11-16(12-15(14)5-2)17-9-7-6-8-13(17)3/h6,8,12H,4-5,7,9-11H2,1-3H3. The predicted molar refractivity (Wildman–Crippen MR) is 76.0 cm³/mol. The molecule has 0 atom stereocenters. The Labute approximate surface area is 106 Å². The van der Waals surface area contributed by atoms with Crippen LogP contribution in [-0.4, -0.2) is 0 Å². The highest BCUT2D eigenvalue weighted by molar-refractivity contribution is 5.47. The van der Waals surface area contributed by atoms with Gasteiger partial charge in [0, 0.05) is 0 Å². The smallest absolute Gasteiger partial charge is 0.0238 e. The van der Waals surface area contributed by atoms with E-state index in [1.54, 1.807) is 22.3 Å². The van der Waals surface area contributed by atoms with E-state index in [0.29, 0.717) is 0 Å². The molecular formula is C17H24. The summed E-state index contributed by atoms with van der Waals surface area (Å²) in [5.41, 5.74) is 8.00. The van der Waals surface area contributed by atoms with Crippen molar-refractivity contribution in [2.45, 2.75) is 59.3 Å². The van der Waals surface area contributed by atoms with Crippen LogP contribution >= 0.6 is 0 Å². The van der Waals surface area contributed by atoms with Gasteiger partial charge in [-0.3, -0.25) is 0 Å². The summed E-state index contributed by atoms with van der Waals surface area (Å²) in [7, 11) is 0. The number of hydrogen-bond acceptors (Lipinski definition) is 0. The number of hydrogen-bond donors (Lipinski definition) is 0. The minimum atomic E-state index is 1.19. The van der Waals surface area contributed by atoms with Crippen LogP contribution in [0.4, 0.5) is 0 Å². The van der Waals surface area contributed by atoms with Crippen molar-refractivity contribution in [1.29, 1.82) is 0 Å². The molecule has 2 rings (SSSR count). The number of allylic oxidation sites excluding steroid dienone is 8. The second-order valence-electron chi connectivity index (χ2n) is 5.11. The highest BCUT2D eigenvalue weighted by Gasteiger charge is 2.16. The van der Waals surface area contributed by atoms with Crippen LogP contribution < -0.4 is 0 Å². The monoisotopic (exact) mass is 228 g/mol. The fourth-order valence-electron chi connectivity index (χ4n) is 3.02. The Balaban J connectivity index is 2.32. The average Bonchev–Trinajstić information content (AvgIpc) is 2.38. The van der Waals surface area contributed by atoms with Crippen molar-refractivity contribution in [1.82, 2.24) is 0 Å². The SMILES string of the molecule is CCC1=C(CC)CCC(C2=C(C)C=CCC2)=C1. The van der Waals surface area contributed by atoms with Crippen LogP contribution in [0.5, 0.6) is 0 Å². The van der Waals surface area contributed by atoms with Crippen molar-refractivity contribution < 1.29 is 0 Å². The van der Waals surface area contributed by atoms with Gasteiger partial charge < -0.3 is 0 Å². The molecule has 0 unspecified atom stereocenters. The summed E-state index contributed by atoms with van der Waals surface area (Å²) in [5.74, 6) is 0. The Bertz CT molecular complexity index is 413. The van der Waals surface area contributed by atoms with Gasteiger partial charge in [0.25, 0.3) is 0 Å². The lowest BCUT2D eigenvalue weighted by Crippen LogP contribution is -2.04. The Hall–Kier alpha value is -1.04. The van der Waals surface area contributed by atoms with Gasteiger partial charge in [0.2, 0.25) is 0 Å². The Morgan fingerprint density at radius 2 is 1.88 bits per heavy atom. The van der Waals surface area contributed by atoms with Crippen molar-refractivity contribution in [2.75, 3.05) is 0 Å². The zero-order chi connectivity index (χ0) is 12.3. The zero-order valence-electron chi connectivity index (χ0n) is 11.5. The maximum absolute atomic E-state index is 2.49. The van der Waals surface area contributed by atoms with E-state index in [1.807, 2.05) is 0 Å². The summed E-state index contributed by atoms with van der Waals surface area (Å²) < 4.78 is 0. The summed E-state index contributed by atoms with van der Waals surface area (Å²) in [4.78, 5) is 0. The third-order valence-corrected chi connectivity index (χ3v) is 4.10. The van der Waals surface area contributed by atoms with Gasteiger partial charge in [0.1, 0.15) is 0 Å². The normalized spacial score (nSPS) is 21.0. The summed E-state index contributed by atoms with van der Waals surface area (Å²) >= 11 is 0. The van der Waals surface area contributed by atoms with Gasteiger partial charge in [-0.1, -0.05) is 37.6 Å². The molecule has 2 aliphatic rings. The van der Waals surface area contributed by atoms with E-state index in [-0.39, 0.29) is 0 Å². The van der Waals surface area contributed by atoms with Crippen LogP contribution in [0.1, 0.15) is 59.3 Å². The molecule has 0 fully saturated rings. The molecule has 0 heterocycles. The molecular weight excluding hydrogens is 204 g/mol. The van der Waals surface area contributed by atoms with E-state index in [9.17, 15) is 0 Å². The van der Waals surface area contributed by atoms with Crippen molar-refractivity contribution in [3.63, 3.8) is 0 Å². The lowest BCUT2D eigenvalue weighted by Gasteiger charge is -2.23. The van der Waals surface area contributed by atoms with Gasteiger partial charge >= 0.3 is 0 Å². The molecule has 0 aromatic rings. The molecule has 0 N–H and O–H groups in total. The molecule has 17 heavy (non-hydrogen) atoms. The van der Waals surface area contributed by atoms with Crippen molar-refractivity contribution >= 4 is 0 Å². The van der Waals surface area contributed by atoms with Gasteiger partial charge in [-0.25, -0.2) is 0 Å². The zero-order valence-corrected chi connectivity index (χ0v) is 11.5. The highest BCUT2D eigenvalue weighted by atomic mass is 14.2. The molecule has 2 aliphatic carbocycles. The molecule has 0 saturated heterocycles. The quantitative estimate of drug-likeness (QED) is 0.599. The topological polar surface area (TPSA) is 0 Å². The minimum Gasteiger partial charge on any atom is -0.0839 e. The van der Waals surface area contributed by atoms with E-state index in [1.165, 1.54) is 44.1 Å². The molecule has 0 nitrogen and oxygen atoms in total. The fourth-order valence-corrected chi connectivity index (χ4v) is 3.02. The largest absolute Gasteiger partial charge is 0.0839 e. The maximum Gasteiger partial charge on any atom is -0.0238 e. The average molecular weight is 228 g/mol. The molecule has 0 spiro atoms. The predicted octanol–water partition coefficient (Wildman–Crippen LogP) is 5.49. The van der Waals surface area contributed by atoms with E-state index < -0.39 is 0 Å². The Morgan fingerprint density at radius 1 is 1.06 bits per heavy atom. The Kier molecular flexibility index (Phi) is 4.04. The van der Waals surface area contributed by atoms with E-state index in [0.717, 1.165) is 0 Å². The molecule has 0 aromatic carbocycles. The van der Waals surface area contributed by atoms with Gasteiger partial charge in [0.05, 0.1) is 0 Å². The van der Waals surface area contributed by atoms with Crippen LogP contribution in [0.25, 0.3) is 0 Å². The summed E-state index contributed by atoms with van der Waals surface area (Å²) in [6.45, 7) is 6.83. The lowest BCUT2D eigenvalue weighted by atomic mass is 9.82. The second-order valence-corrected chi connectivity index (χ2v) is 5.11. The molecule has 0 amide bonds. The molecule has 0 bridgehead atoms. The van der Waals surface area contributed by atoms with Crippen molar-refractivity contribution in [2.24, 2.45) is 0 Å². The van der Waals surface area contributed by atoms with Gasteiger partial charge in [-0.2, -0.15) is 0 Å². The first-order valence-corrected chi connectivity index (χ1v) is 7.04. The minimum absolute atomic E-state index is 1.19. The second kappa shape index (κ2) is 5.53. The van der Waals surface area contributed by atoms with Gasteiger partial charge in [0.15, 0.2) is 0 Å². The molecule has 92 valence electrons. The fraction of sp³-hybridized carbons (Fsp3) is 0.529. The first kappa shape index (κ1) is 12.4. The molecule has 0 heteroatoms. The lowest BCUT2D eigenvalue weighted by molar-refractivity contribution is 0.806. The van der Waals surface area contributed by atoms with E-state index in [2.05, 4.69) is 39.0 Å². The van der Waals surface area contributed by atoms with Crippen LogP contribution in [0, 0.1) is 0 Å². The molecule has 0 aromatic heterocycles. The highest BCUT2D eigenvalue weighted by Crippen LogP contribution is 2.35. The van der Waals surface area contributed by atoms with Crippen molar-refractivity contribution in [3.8, 4) is 0 Å². The van der Waals surface area contributed by atoms with Crippen LogP contribution in [0.15, 0.2) is 46.1 Å². The molecule has 0 saturated carbocycles. The van der Waals surface area contributed by atoms with Crippen LogP contribution in [-0.2, 0) is 0 Å². The first-order chi connectivity index (χ1) is 8.26. The summed E-state index contributed by atoms with van der Waals surface area (Å²) in [5, 5.41) is 0. The van der Waals surface area contributed by atoms with Gasteiger partial charge in [-0.15, -0.1) is 0 Å². The first-order valence-electron chi connectivity index (χ1n) is 7.04.